The number of hydrogen-bond acceptors (Lipinski definition) is 4. The zero-order valence-corrected chi connectivity index (χ0v) is 25.3. The first-order valence-corrected chi connectivity index (χ1v) is 12.9. The number of pyridine rings is 1. The number of nitrogens with zero attached hydrogens (tertiary/aromatic N) is 5. The Morgan fingerprint density at radius 3 is 2.12 bits per heavy atom. The molecule has 6 rings (SSSR count). The van der Waals surface area contributed by atoms with E-state index in [4.69, 9.17) is 15.0 Å². The summed E-state index contributed by atoms with van der Waals surface area (Å²) in [4.78, 5) is 26.7. The number of halogens is 2. The van der Waals surface area contributed by atoms with Gasteiger partial charge in [0.2, 0.25) is 0 Å². The molecule has 0 aliphatic heterocycles. The van der Waals surface area contributed by atoms with Gasteiger partial charge in [0.05, 0.1) is 22.1 Å². The van der Waals surface area contributed by atoms with Gasteiger partial charge in [-0.25, -0.2) is 15.0 Å². The summed E-state index contributed by atoms with van der Waals surface area (Å²) in [7, 11) is 3.87. The number of benzene rings is 3. The largest absolute Gasteiger partial charge is 0.326 e. The molecule has 6 aromatic rings. The molecule has 0 unspecified atom stereocenters. The number of para-hydroxylation sites is 3. The van der Waals surface area contributed by atoms with Gasteiger partial charge in [0.25, 0.3) is 0 Å². The average Bonchev–Trinajstić information content (AvgIpc) is 3.45. The Kier molecular flexibility index (Phi) is 7.24. The van der Waals surface area contributed by atoms with E-state index >= 15 is 4.39 Å². The summed E-state index contributed by atoms with van der Waals surface area (Å²) >= 11 is 0. The quantitative estimate of drug-likeness (QED) is 0.145. The fourth-order valence-corrected chi connectivity index (χ4v) is 5.42. The van der Waals surface area contributed by atoms with E-state index < -0.39 is 28.4 Å². The molecule has 0 atom stereocenters. The first-order chi connectivity index (χ1) is 19.1. The van der Waals surface area contributed by atoms with E-state index in [1.54, 1.807) is 0 Å². The number of rotatable bonds is 5. The van der Waals surface area contributed by atoms with E-state index in [1.807, 2.05) is 97.7 Å². The molecule has 0 bridgehead atoms. The van der Waals surface area contributed by atoms with Crippen molar-refractivity contribution in [2.45, 2.75) is 26.2 Å². The number of carbonyl (C=O) groups is 1. The maximum atomic E-state index is 15.5. The molecule has 0 fully saturated rings. The van der Waals surface area contributed by atoms with E-state index in [0.29, 0.717) is 22.7 Å². The minimum absolute atomic E-state index is 0. The van der Waals surface area contributed by atoms with Crippen molar-refractivity contribution in [3.8, 4) is 23.0 Å². The van der Waals surface area contributed by atoms with Gasteiger partial charge in [0.1, 0.15) is 17.2 Å². The SMILES string of the molecule is CC(=O)c1c(F)c[c-]c(C(C)(C)c2cccc3c2nc(-c2cccc(-c4nc5ccccc5n4C)n2)n3C)c1F.[Pt]. The molecule has 0 saturated heterocycles. The van der Waals surface area contributed by atoms with Crippen LogP contribution in [0.5, 0.6) is 0 Å². The van der Waals surface area contributed by atoms with Crippen LogP contribution in [0.15, 0.2) is 66.7 Å². The summed E-state index contributed by atoms with van der Waals surface area (Å²) in [5.74, 6) is -1.12. The third kappa shape index (κ3) is 4.51. The molecule has 3 aromatic carbocycles. The Balaban J connectivity index is 0.00000337. The second-order valence-electron chi connectivity index (χ2n) is 10.4. The minimum atomic E-state index is -0.977. The zero-order valence-electron chi connectivity index (χ0n) is 23.1. The van der Waals surface area contributed by atoms with Crippen molar-refractivity contribution < 1.29 is 34.6 Å². The van der Waals surface area contributed by atoms with E-state index in [2.05, 4.69) is 6.07 Å². The number of Topliss-reactive ketones (excluding diaryl/α,β-unsaturated/α-hetero) is 1. The van der Waals surface area contributed by atoms with Crippen LogP contribution in [0.3, 0.4) is 0 Å². The van der Waals surface area contributed by atoms with Gasteiger partial charge in [0.15, 0.2) is 11.6 Å². The molecule has 0 radical (unpaired) electrons. The molecule has 41 heavy (non-hydrogen) atoms. The summed E-state index contributed by atoms with van der Waals surface area (Å²) in [5.41, 5.74) is 4.03. The Morgan fingerprint density at radius 1 is 0.829 bits per heavy atom. The molecule has 9 heteroatoms. The Labute approximate surface area is 250 Å². The van der Waals surface area contributed by atoms with Gasteiger partial charge in [-0.15, -0.1) is 11.6 Å². The maximum Gasteiger partial charge on any atom is 0.159 e. The van der Waals surface area contributed by atoms with E-state index in [9.17, 15) is 9.18 Å². The predicted octanol–water partition coefficient (Wildman–Crippen LogP) is 6.79. The fourth-order valence-electron chi connectivity index (χ4n) is 5.42. The molecular formula is C32H26F2N5OPt-. The molecule has 0 amide bonds. The second-order valence-corrected chi connectivity index (χ2v) is 10.4. The Morgan fingerprint density at radius 2 is 1.44 bits per heavy atom. The number of carbonyl (C=O) groups excluding carboxylic acids is 1. The summed E-state index contributed by atoms with van der Waals surface area (Å²) < 4.78 is 33.7. The molecule has 3 aromatic heterocycles. The fraction of sp³-hybridized carbons (Fsp3) is 0.188. The van der Waals surface area contributed by atoms with Gasteiger partial charge in [-0.05, 0) is 53.8 Å². The van der Waals surface area contributed by atoms with Gasteiger partial charge >= 0.3 is 0 Å². The topological polar surface area (TPSA) is 65.6 Å². The molecular weight excluding hydrogens is 703 g/mol. The first kappa shape index (κ1) is 28.5. The molecule has 0 spiro atoms. The standard InChI is InChI=1S/C32H26F2N5O.Pt/c1-18(40)27-21(33)17-16-19(28(27)34)32(2,3)20-10-8-15-26-29(20)37-31(39(26)5)24-13-9-12-23(35-24)30-36-22-11-6-7-14-25(22)38(30)4;/h6-15,17H,1-5H3;/q-1;. The monoisotopic (exact) mass is 729 g/mol. The summed E-state index contributed by atoms with van der Waals surface area (Å²) in [6.07, 6.45) is 0. The molecule has 0 aliphatic rings. The van der Waals surface area contributed by atoms with Crippen molar-refractivity contribution in [2.24, 2.45) is 14.1 Å². The molecule has 6 nitrogen and oxygen atoms in total. The molecule has 210 valence electrons. The molecule has 0 N–H and O–H groups in total. The minimum Gasteiger partial charge on any atom is -0.326 e. The molecule has 0 saturated carbocycles. The van der Waals surface area contributed by atoms with Crippen LogP contribution in [0.1, 0.15) is 42.3 Å². The van der Waals surface area contributed by atoms with Crippen LogP contribution in [0.4, 0.5) is 8.78 Å². The second kappa shape index (κ2) is 10.4. The summed E-state index contributed by atoms with van der Waals surface area (Å²) in [6.45, 7) is 4.79. The van der Waals surface area contributed by atoms with Crippen molar-refractivity contribution in [3.05, 3.63) is 101 Å². The third-order valence-electron chi connectivity index (χ3n) is 7.58. The zero-order chi connectivity index (χ0) is 28.3. The predicted molar refractivity (Wildman–Crippen MR) is 151 cm³/mol. The Hall–Kier alpha value is -4.03. The van der Waals surface area contributed by atoms with Crippen LogP contribution in [0.2, 0.25) is 0 Å². The van der Waals surface area contributed by atoms with E-state index in [-0.39, 0.29) is 26.6 Å². The van der Waals surface area contributed by atoms with Crippen LogP contribution in [-0.4, -0.2) is 29.9 Å². The number of imidazole rings is 2. The number of ketones is 1. The van der Waals surface area contributed by atoms with Crippen LogP contribution in [-0.2, 0) is 40.6 Å². The normalized spacial score (nSPS) is 11.7. The summed E-state index contributed by atoms with van der Waals surface area (Å²) in [6, 6.07) is 23.1. The number of hydrogen-bond donors (Lipinski definition) is 0. The van der Waals surface area contributed by atoms with Crippen LogP contribution in [0.25, 0.3) is 45.1 Å². The van der Waals surface area contributed by atoms with Crippen molar-refractivity contribution in [1.82, 2.24) is 24.1 Å². The van der Waals surface area contributed by atoms with Gasteiger partial charge in [0, 0.05) is 46.8 Å². The molecule has 3 heterocycles. The smallest absolute Gasteiger partial charge is 0.159 e. The number of aromatic nitrogens is 5. The number of fused-ring (bicyclic) bond motifs is 2. The van der Waals surface area contributed by atoms with Crippen molar-refractivity contribution in [3.63, 3.8) is 0 Å². The van der Waals surface area contributed by atoms with Crippen LogP contribution in [0, 0.1) is 17.7 Å². The van der Waals surface area contributed by atoms with E-state index in [1.165, 1.54) is 0 Å². The van der Waals surface area contributed by atoms with Crippen LogP contribution >= 0.6 is 0 Å². The van der Waals surface area contributed by atoms with Crippen molar-refractivity contribution in [2.75, 3.05) is 0 Å². The molecule has 0 aliphatic carbocycles. The van der Waals surface area contributed by atoms with Gasteiger partial charge in [-0.1, -0.05) is 44.2 Å². The van der Waals surface area contributed by atoms with Crippen molar-refractivity contribution in [1.29, 1.82) is 0 Å². The van der Waals surface area contributed by atoms with E-state index in [0.717, 1.165) is 40.9 Å². The average molecular weight is 730 g/mol. The van der Waals surface area contributed by atoms with Gasteiger partial charge in [-0.3, -0.25) is 13.6 Å². The van der Waals surface area contributed by atoms with Gasteiger partial charge in [-0.2, -0.15) is 6.07 Å². The summed E-state index contributed by atoms with van der Waals surface area (Å²) in [5, 5.41) is 0. The van der Waals surface area contributed by atoms with Crippen LogP contribution < -0.4 is 0 Å². The van der Waals surface area contributed by atoms with Gasteiger partial charge < -0.3 is 9.13 Å². The van der Waals surface area contributed by atoms with Crippen molar-refractivity contribution >= 4 is 27.9 Å². The number of aryl methyl sites for hydroxylation is 2. The maximum absolute atomic E-state index is 15.5. The third-order valence-corrected chi connectivity index (χ3v) is 7.58. The first-order valence-electron chi connectivity index (χ1n) is 12.9. The Bertz CT molecular complexity index is 1970.